The van der Waals surface area contributed by atoms with E-state index in [0.29, 0.717) is 24.6 Å². The van der Waals surface area contributed by atoms with Crippen LogP contribution in [0.1, 0.15) is 32.3 Å². The van der Waals surface area contributed by atoms with Crippen molar-refractivity contribution in [2.75, 3.05) is 32.7 Å². The normalized spacial score (nSPS) is 15.9. The number of hydrogen-bond acceptors (Lipinski definition) is 2. The van der Waals surface area contributed by atoms with Crippen LogP contribution in [0.25, 0.3) is 0 Å². The van der Waals surface area contributed by atoms with E-state index in [2.05, 4.69) is 34.0 Å². The molecule has 2 N–H and O–H groups in total. The Morgan fingerprint density at radius 1 is 1.30 bits per heavy atom. The van der Waals surface area contributed by atoms with Gasteiger partial charge < -0.3 is 10.6 Å². The van der Waals surface area contributed by atoms with Crippen molar-refractivity contribution < 1.29 is 8.78 Å². The summed E-state index contributed by atoms with van der Waals surface area (Å²) in [7, 11) is 0. The first-order valence-corrected chi connectivity index (χ1v) is 9.33. The van der Waals surface area contributed by atoms with Gasteiger partial charge in [-0.25, -0.2) is 8.78 Å². The van der Waals surface area contributed by atoms with Gasteiger partial charge in [0.1, 0.15) is 11.6 Å². The van der Waals surface area contributed by atoms with Gasteiger partial charge in [0.25, 0.3) is 0 Å². The van der Waals surface area contributed by atoms with Gasteiger partial charge in [0.2, 0.25) is 0 Å². The molecule has 0 unspecified atom stereocenters. The summed E-state index contributed by atoms with van der Waals surface area (Å²) in [4.78, 5) is 6.93. The van der Waals surface area contributed by atoms with E-state index in [0.717, 1.165) is 57.1 Å². The van der Waals surface area contributed by atoms with Crippen molar-refractivity contribution in [1.82, 2.24) is 15.5 Å². The molecule has 152 valence electrons. The molecule has 1 aliphatic rings. The second kappa shape index (κ2) is 12.3. The van der Waals surface area contributed by atoms with E-state index < -0.39 is 5.82 Å². The first kappa shape index (κ1) is 23.8. The van der Waals surface area contributed by atoms with Crippen LogP contribution in [0.15, 0.2) is 35.3 Å². The lowest BCUT2D eigenvalue weighted by Crippen LogP contribution is -2.49. The van der Waals surface area contributed by atoms with Crippen LogP contribution < -0.4 is 10.6 Å². The molecule has 0 amide bonds. The molecule has 0 aliphatic carbocycles. The minimum Gasteiger partial charge on any atom is -0.357 e. The maximum Gasteiger partial charge on any atom is 0.191 e. The SMILES string of the molecule is C=C(C)CN1CCC(NC(=NCCc2cc(F)ccc2F)NCC)CC1.I. The van der Waals surface area contributed by atoms with Crippen molar-refractivity contribution in [2.24, 2.45) is 4.99 Å². The van der Waals surface area contributed by atoms with Crippen LogP contribution in [0.5, 0.6) is 0 Å². The van der Waals surface area contributed by atoms with Gasteiger partial charge in [0.05, 0.1) is 0 Å². The zero-order valence-electron chi connectivity index (χ0n) is 16.2. The van der Waals surface area contributed by atoms with Gasteiger partial charge in [-0.05, 0) is 56.9 Å². The molecule has 0 radical (unpaired) electrons. The quantitative estimate of drug-likeness (QED) is 0.264. The molecule has 2 rings (SSSR count). The molecule has 27 heavy (non-hydrogen) atoms. The Morgan fingerprint density at radius 3 is 2.63 bits per heavy atom. The highest BCUT2D eigenvalue weighted by atomic mass is 127. The number of guanidine groups is 1. The topological polar surface area (TPSA) is 39.7 Å². The maximum atomic E-state index is 13.7. The summed E-state index contributed by atoms with van der Waals surface area (Å²) in [6, 6.07) is 3.91. The molecule has 0 aromatic heterocycles. The van der Waals surface area contributed by atoms with E-state index in [1.165, 1.54) is 11.6 Å². The van der Waals surface area contributed by atoms with Gasteiger partial charge in [0.15, 0.2) is 5.96 Å². The summed E-state index contributed by atoms with van der Waals surface area (Å²) >= 11 is 0. The van der Waals surface area contributed by atoms with E-state index in [-0.39, 0.29) is 29.8 Å². The van der Waals surface area contributed by atoms with Crippen molar-refractivity contribution in [3.63, 3.8) is 0 Å². The van der Waals surface area contributed by atoms with Gasteiger partial charge in [-0.1, -0.05) is 12.2 Å². The molecular weight excluding hydrogens is 461 g/mol. The van der Waals surface area contributed by atoms with Crippen LogP contribution in [0, 0.1) is 11.6 Å². The van der Waals surface area contributed by atoms with E-state index in [1.807, 2.05) is 6.92 Å². The zero-order chi connectivity index (χ0) is 18.9. The number of benzene rings is 1. The van der Waals surface area contributed by atoms with Crippen molar-refractivity contribution in [3.05, 3.63) is 47.5 Å². The Bertz CT molecular complexity index is 628. The fourth-order valence-electron chi connectivity index (χ4n) is 3.15. The lowest BCUT2D eigenvalue weighted by molar-refractivity contribution is 0.221. The van der Waals surface area contributed by atoms with E-state index in [9.17, 15) is 8.78 Å². The standard InChI is InChI=1S/C20H30F2N4.HI/c1-4-23-20(24-10-7-16-13-17(21)5-6-19(16)22)25-18-8-11-26(12-9-18)14-15(2)3;/h5-6,13,18H,2,4,7-12,14H2,1,3H3,(H2,23,24,25);1H. The van der Waals surface area contributed by atoms with E-state index >= 15 is 0 Å². The summed E-state index contributed by atoms with van der Waals surface area (Å²) in [6.45, 7) is 12.2. The number of nitrogens with zero attached hydrogens (tertiary/aromatic N) is 2. The predicted molar refractivity (Wildman–Crippen MR) is 119 cm³/mol. The molecule has 1 saturated heterocycles. The minimum absolute atomic E-state index is 0. The van der Waals surface area contributed by atoms with Gasteiger partial charge in [-0.15, -0.1) is 24.0 Å². The molecule has 0 spiro atoms. The lowest BCUT2D eigenvalue weighted by Gasteiger charge is -2.33. The molecule has 1 fully saturated rings. The third-order valence-electron chi connectivity index (χ3n) is 4.42. The number of piperidine rings is 1. The predicted octanol–water partition coefficient (Wildman–Crippen LogP) is 3.72. The molecule has 4 nitrogen and oxygen atoms in total. The van der Waals surface area contributed by atoms with Crippen LogP contribution >= 0.6 is 24.0 Å². The van der Waals surface area contributed by atoms with Crippen LogP contribution in [0.2, 0.25) is 0 Å². The molecule has 0 atom stereocenters. The van der Waals surface area contributed by atoms with Crippen LogP contribution in [-0.2, 0) is 6.42 Å². The number of rotatable bonds is 7. The second-order valence-corrected chi connectivity index (χ2v) is 6.90. The van der Waals surface area contributed by atoms with Crippen molar-refractivity contribution >= 4 is 29.9 Å². The maximum absolute atomic E-state index is 13.7. The Kier molecular flexibility index (Phi) is 10.8. The fraction of sp³-hybridized carbons (Fsp3) is 0.550. The van der Waals surface area contributed by atoms with Crippen molar-refractivity contribution in [2.45, 2.75) is 39.2 Å². The number of aliphatic imine (C=N–C) groups is 1. The highest BCUT2D eigenvalue weighted by molar-refractivity contribution is 14.0. The van der Waals surface area contributed by atoms with Gasteiger partial charge in [-0.2, -0.15) is 0 Å². The van der Waals surface area contributed by atoms with Gasteiger partial charge >= 0.3 is 0 Å². The van der Waals surface area contributed by atoms with Crippen molar-refractivity contribution in [1.29, 1.82) is 0 Å². The highest BCUT2D eigenvalue weighted by Crippen LogP contribution is 2.12. The highest BCUT2D eigenvalue weighted by Gasteiger charge is 2.19. The number of likely N-dealkylation sites (tertiary alicyclic amines) is 1. The second-order valence-electron chi connectivity index (χ2n) is 6.90. The van der Waals surface area contributed by atoms with Gasteiger partial charge in [-0.3, -0.25) is 9.89 Å². The van der Waals surface area contributed by atoms with Crippen LogP contribution in [0.4, 0.5) is 8.78 Å². The van der Waals surface area contributed by atoms with Gasteiger partial charge in [0, 0.05) is 38.8 Å². The first-order valence-electron chi connectivity index (χ1n) is 9.33. The summed E-state index contributed by atoms with van der Waals surface area (Å²) in [6.07, 6.45) is 2.48. The average molecular weight is 492 g/mol. The molecule has 0 saturated carbocycles. The Morgan fingerprint density at radius 2 is 2.00 bits per heavy atom. The Hall–Kier alpha value is -1.22. The first-order chi connectivity index (χ1) is 12.5. The average Bonchev–Trinajstić information content (AvgIpc) is 2.59. The van der Waals surface area contributed by atoms with Crippen LogP contribution in [0.3, 0.4) is 0 Å². The largest absolute Gasteiger partial charge is 0.357 e. The monoisotopic (exact) mass is 492 g/mol. The summed E-state index contributed by atoms with van der Waals surface area (Å²) in [5, 5.41) is 6.69. The lowest BCUT2D eigenvalue weighted by atomic mass is 10.0. The van der Waals surface area contributed by atoms with E-state index in [1.54, 1.807) is 0 Å². The molecule has 7 heteroatoms. The summed E-state index contributed by atoms with van der Waals surface area (Å²) in [5.41, 5.74) is 1.55. The fourth-order valence-corrected chi connectivity index (χ4v) is 3.15. The van der Waals surface area contributed by atoms with Crippen LogP contribution in [-0.4, -0.2) is 49.6 Å². The number of nitrogens with one attached hydrogen (secondary N) is 2. The van der Waals surface area contributed by atoms with E-state index in [4.69, 9.17) is 0 Å². The molecular formula is C20H31F2IN4. The molecule has 1 aromatic rings. The smallest absolute Gasteiger partial charge is 0.191 e. The third-order valence-corrected chi connectivity index (χ3v) is 4.42. The number of hydrogen-bond donors (Lipinski definition) is 2. The summed E-state index contributed by atoms with van der Waals surface area (Å²) in [5.74, 6) is -0.0657. The molecule has 0 bridgehead atoms. The van der Waals surface area contributed by atoms with Crippen molar-refractivity contribution in [3.8, 4) is 0 Å². The number of halogens is 3. The minimum atomic E-state index is -0.420. The third kappa shape index (κ3) is 8.55. The molecule has 1 aromatic carbocycles. The summed E-state index contributed by atoms with van der Waals surface area (Å²) < 4.78 is 26.9. The Labute approximate surface area is 178 Å². The zero-order valence-corrected chi connectivity index (χ0v) is 18.6. The molecule has 1 heterocycles. The molecule has 1 aliphatic heterocycles. The Balaban J connectivity index is 0.00000364.